The minimum absolute atomic E-state index is 0.132. The summed E-state index contributed by atoms with van der Waals surface area (Å²) in [5.41, 5.74) is 1.09. The first-order valence-corrected chi connectivity index (χ1v) is 6.69. The highest BCUT2D eigenvalue weighted by Gasteiger charge is 2.17. The molecule has 0 amide bonds. The molecule has 0 spiro atoms. The second-order valence-electron chi connectivity index (χ2n) is 4.09. The van der Waals surface area contributed by atoms with Crippen LogP contribution in [0, 0.1) is 0 Å². The summed E-state index contributed by atoms with van der Waals surface area (Å²) in [6.07, 6.45) is 1.55. The third kappa shape index (κ3) is 2.60. The molecule has 2 heterocycles. The molecule has 1 aromatic heterocycles. The van der Waals surface area contributed by atoms with E-state index in [1.807, 2.05) is 0 Å². The van der Waals surface area contributed by atoms with Crippen molar-refractivity contribution in [2.24, 2.45) is 0 Å². The van der Waals surface area contributed by atoms with E-state index in [0.717, 1.165) is 10.0 Å². The average molecular weight is 336 g/mol. The minimum Gasteiger partial charge on any atom is -0.456 e. The maximum atomic E-state index is 11.8. The SMILES string of the molecule is O=C(OCc1cc2c(cc1Br)OCO2)c1ccccn1. The van der Waals surface area contributed by atoms with E-state index in [9.17, 15) is 4.79 Å². The molecule has 0 bridgehead atoms. The van der Waals surface area contributed by atoms with Crippen LogP contribution in [-0.4, -0.2) is 17.7 Å². The Balaban J connectivity index is 1.71. The van der Waals surface area contributed by atoms with E-state index in [4.69, 9.17) is 14.2 Å². The van der Waals surface area contributed by atoms with Crippen molar-refractivity contribution in [3.63, 3.8) is 0 Å². The molecule has 0 unspecified atom stereocenters. The molecule has 3 rings (SSSR count). The molecule has 0 atom stereocenters. The molecule has 0 saturated carbocycles. The lowest BCUT2D eigenvalue weighted by Gasteiger charge is -2.07. The lowest BCUT2D eigenvalue weighted by molar-refractivity contribution is 0.0464. The number of hydrogen-bond acceptors (Lipinski definition) is 5. The highest BCUT2D eigenvalue weighted by molar-refractivity contribution is 9.10. The van der Waals surface area contributed by atoms with Crippen LogP contribution in [-0.2, 0) is 11.3 Å². The van der Waals surface area contributed by atoms with Gasteiger partial charge >= 0.3 is 5.97 Å². The number of rotatable bonds is 3. The zero-order chi connectivity index (χ0) is 13.9. The normalized spacial score (nSPS) is 12.2. The number of nitrogens with zero attached hydrogens (tertiary/aromatic N) is 1. The zero-order valence-electron chi connectivity index (χ0n) is 10.3. The minimum atomic E-state index is -0.463. The van der Waals surface area contributed by atoms with Crippen molar-refractivity contribution in [1.82, 2.24) is 4.98 Å². The highest BCUT2D eigenvalue weighted by atomic mass is 79.9. The first kappa shape index (κ1) is 12.9. The Morgan fingerprint density at radius 3 is 2.85 bits per heavy atom. The largest absolute Gasteiger partial charge is 0.456 e. The van der Waals surface area contributed by atoms with Gasteiger partial charge in [0.05, 0.1) is 0 Å². The van der Waals surface area contributed by atoms with E-state index in [1.165, 1.54) is 0 Å². The van der Waals surface area contributed by atoms with Crippen LogP contribution in [0.5, 0.6) is 11.5 Å². The number of pyridine rings is 1. The van der Waals surface area contributed by atoms with E-state index in [1.54, 1.807) is 36.5 Å². The van der Waals surface area contributed by atoms with Crippen molar-refractivity contribution in [1.29, 1.82) is 0 Å². The van der Waals surface area contributed by atoms with Gasteiger partial charge in [0.2, 0.25) is 6.79 Å². The number of esters is 1. The molecule has 6 heteroatoms. The third-order valence-corrected chi connectivity index (χ3v) is 3.51. The fourth-order valence-electron chi connectivity index (χ4n) is 1.77. The summed E-state index contributed by atoms with van der Waals surface area (Å²) in [6.45, 7) is 0.339. The number of carbonyl (C=O) groups is 1. The van der Waals surface area contributed by atoms with Crippen LogP contribution in [0.3, 0.4) is 0 Å². The second kappa shape index (κ2) is 5.50. The average Bonchev–Trinajstić information content (AvgIpc) is 2.92. The molecule has 1 aliphatic heterocycles. The van der Waals surface area contributed by atoms with E-state index < -0.39 is 5.97 Å². The van der Waals surface area contributed by atoms with Crippen molar-refractivity contribution in [3.8, 4) is 11.5 Å². The lowest BCUT2D eigenvalue weighted by Crippen LogP contribution is -2.07. The molecule has 0 N–H and O–H groups in total. The van der Waals surface area contributed by atoms with Gasteiger partial charge in [0.25, 0.3) is 0 Å². The Morgan fingerprint density at radius 1 is 1.30 bits per heavy atom. The molecule has 0 fully saturated rings. The molecule has 0 saturated heterocycles. The smallest absolute Gasteiger partial charge is 0.357 e. The van der Waals surface area contributed by atoms with Crippen molar-refractivity contribution in [3.05, 3.63) is 52.3 Å². The maximum Gasteiger partial charge on any atom is 0.357 e. The number of aromatic nitrogens is 1. The molecule has 0 aliphatic carbocycles. The molecule has 2 aromatic rings. The van der Waals surface area contributed by atoms with Crippen LogP contribution >= 0.6 is 15.9 Å². The second-order valence-corrected chi connectivity index (χ2v) is 4.94. The van der Waals surface area contributed by atoms with Crippen LogP contribution in [0.1, 0.15) is 16.1 Å². The predicted octanol–water partition coefficient (Wildman–Crippen LogP) is 2.93. The first-order chi connectivity index (χ1) is 9.74. The van der Waals surface area contributed by atoms with Crippen LogP contribution < -0.4 is 9.47 Å². The summed E-state index contributed by atoms with van der Waals surface area (Å²) in [7, 11) is 0. The number of halogens is 1. The van der Waals surface area contributed by atoms with E-state index in [0.29, 0.717) is 11.5 Å². The summed E-state index contributed by atoms with van der Waals surface area (Å²) in [4.78, 5) is 15.7. The fourth-order valence-corrected chi connectivity index (χ4v) is 2.21. The molecular formula is C14H10BrNO4. The van der Waals surface area contributed by atoms with Crippen LogP contribution in [0.25, 0.3) is 0 Å². The maximum absolute atomic E-state index is 11.8. The molecule has 102 valence electrons. The quantitative estimate of drug-likeness (QED) is 0.807. The predicted molar refractivity (Wildman–Crippen MR) is 73.6 cm³/mol. The van der Waals surface area contributed by atoms with Crippen LogP contribution in [0.2, 0.25) is 0 Å². The Bertz CT molecular complexity index is 645. The van der Waals surface area contributed by atoms with Gasteiger partial charge in [0, 0.05) is 16.2 Å². The summed E-state index contributed by atoms with van der Waals surface area (Å²) in [5.74, 6) is 0.865. The van der Waals surface area contributed by atoms with Gasteiger partial charge in [-0.2, -0.15) is 0 Å². The zero-order valence-corrected chi connectivity index (χ0v) is 11.9. The van der Waals surface area contributed by atoms with Gasteiger partial charge in [0.1, 0.15) is 12.3 Å². The Kier molecular flexibility index (Phi) is 3.56. The van der Waals surface area contributed by atoms with Gasteiger partial charge in [0.15, 0.2) is 11.5 Å². The van der Waals surface area contributed by atoms with Gasteiger partial charge in [-0.3, -0.25) is 0 Å². The monoisotopic (exact) mass is 335 g/mol. The fraction of sp³-hybridized carbons (Fsp3) is 0.143. The van der Waals surface area contributed by atoms with E-state index >= 15 is 0 Å². The Labute approximate surface area is 123 Å². The Morgan fingerprint density at radius 2 is 2.10 bits per heavy atom. The number of benzene rings is 1. The summed E-state index contributed by atoms with van der Waals surface area (Å²) < 4.78 is 16.6. The van der Waals surface area contributed by atoms with Crippen LogP contribution in [0.4, 0.5) is 0 Å². The van der Waals surface area contributed by atoms with Crippen molar-refractivity contribution >= 4 is 21.9 Å². The first-order valence-electron chi connectivity index (χ1n) is 5.90. The van der Waals surface area contributed by atoms with Gasteiger partial charge in [-0.1, -0.05) is 22.0 Å². The molecular weight excluding hydrogens is 326 g/mol. The van der Waals surface area contributed by atoms with Crippen molar-refractivity contribution < 1.29 is 19.0 Å². The molecule has 1 aliphatic rings. The van der Waals surface area contributed by atoms with Crippen LogP contribution in [0.15, 0.2) is 41.0 Å². The third-order valence-electron chi connectivity index (χ3n) is 2.77. The van der Waals surface area contributed by atoms with Gasteiger partial charge in [-0.05, 0) is 24.3 Å². The molecule has 0 radical (unpaired) electrons. The summed E-state index contributed by atoms with van der Waals surface area (Å²) >= 11 is 3.41. The summed E-state index contributed by atoms with van der Waals surface area (Å²) in [6, 6.07) is 8.67. The lowest BCUT2D eigenvalue weighted by atomic mass is 10.2. The van der Waals surface area contributed by atoms with Crippen molar-refractivity contribution in [2.45, 2.75) is 6.61 Å². The number of carbonyl (C=O) groups excluding carboxylic acids is 1. The van der Waals surface area contributed by atoms with Gasteiger partial charge in [-0.25, -0.2) is 9.78 Å². The van der Waals surface area contributed by atoms with Gasteiger partial charge in [-0.15, -0.1) is 0 Å². The number of hydrogen-bond donors (Lipinski definition) is 0. The van der Waals surface area contributed by atoms with E-state index in [-0.39, 0.29) is 19.1 Å². The molecule has 5 nitrogen and oxygen atoms in total. The number of ether oxygens (including phenoxy) is 3. The topological polar surface area (TPSA) is 57.7 Å². The highest BCUT2D eigenvalue weighted by Crippen LogP contribution is 2.37. The van der Waals surface area contributed by atoms with E-state index in [2.05, 4.69) is 20.9 Å². The Hall–Kier alpha value is -2.08. The van der Waals surface area contributed by atoms with Gasteiger partial charge < -0.3 is 14.2 Å². The standard InChI is InChI=1S/C14H10BrNO4/c15-10-6-13-12(19-8-20-13)5-9(10)7-18-14(17)11-3-1-2-4-16-11/h1-6H,7-8H2. The number of fused-ring (bicyclic) bond motifs is 1. The summed E-state index contributed by atoms with van der Waals surface area (Å²) in [5, 5.41) is 0. The molecule has 20 heavy (non-hydrogen) atoms. The molecule has 1 aromatic carbocycles. The van der Waals surface area contributed by atoms with Crippen molar-refractivity contribution in [2.75, 3.05) is 6.79 Å².